The van der Waals surface area contributed by atoms with Crippen LogP contribution in [0.25, 0.3) is 0 Å². The fourth-order valence-corrected chi connectivity index (χ4v) is 2.45. The van der Waals surface area contributed by atoms with Crippen molar-refractivity contribution in [3.63, 3.8) is 0 Å². The molecule has 0 spiro atoms. The van der Waals surface area contributed by atoms with Gasteiger partial charge in [-0.15, -0.1) is 0 Å². The van der Waals surface area contributed by atoms with Gasteiger partial charge in [-0.05, 0) is 24.3 Å². The van der Waals surface area contributed by atoms with Crippen LogP contribution in [-0.4, -0.2) is 5.91 Å². The Morgan fingerprint density at radius 2 is 1.43 bits per heavy atom. The molecule has 2 aromatic rings. The van der Waals surface area contributed by atoms with E-state index in [9.17, 15) is 13.6 Å². The van der Waals surface area contributed by atoms with Crippen molar-refractivity contribution >= 4 is 46.4 Å². The Bertz CT molecular complexity index is 667. The molecule has 0 fully saturated rings. The van der Waals surface area contributed by atoms with Crippen LogP contribution in [0.3, 0.4) is 0 Å². The molecule has 0 bridgehead atoms. The maximum absolute atomic E-state index is 13.0. The van der Waals surface area contributed by atoms with Crippen molar-refractivity contribution in [2.45, 2.75) is 0 Å². The van der Waals surface area contributed by atoms with Crippen LogP contribution < -0.4 is 10.9 Å². The second kappa shape index (κ2) is 6.47. The molecule has 0 saturated heterocycles. The van der Waals surface area contributed by atoms with Crippen LogP contribution in [0.15, 0.2) is 30.3 Å². The molecule has 0 radical (unpaired) electrons. The van der Waals surface area contributed by atoms with Crippen LogP contribution in [0.5, 0.6) is 0 Å². The number of anilines is 1. The molecule has 2 aromatic carbocycles. The van der Waals surface area contributed by atoms with Gasteiger partial charge in [-0.3, -0.25) is 15.6 Å². The summed E-state index contributed by atoms with van der Waals surface area (Å²) in [5.41, 5.74) is 4.74. The number of hydrazine groups is 1. The molecule has 2 N–H and O–H groups in total. The fraction of sp³-hybridized carbons (Fsp3) is 0. The predicted molar refractivity (Wildman–Crippen MR) is 78.9 cm³/mol. The summed E-state index contributed by atoms with van der Waals surface area (Å²) in [4.78, 5) is 11.8. The maximum Gasteiger partial charge on any atom is 0.269 e. The summed E-state index contributed by atoms with van der Waals surface area (Å²) < 4.78 is 26.1. The van der Waals surface area contributed by atoms with Crippen LogP contribution in [0, 0.1) is 11.6 Å². The zero-order valence-electron chi connectivity index (χ0n) is 10.2. The van der Waals surface area contributed by atoms with E-state index < -0.39 is 17.5 Å². The van der Waals surface area contributed by atoms with Crippen LogP contribution in [0.2, 0.25) is 15.1 Å². The predicted octanol–water partition coefficient (Wildman–Crippen LogP) is 4.68. The van der Waals surface area contributed by atoms with Crippen molar-refractivity contribution in [2.24, 2.45) is 0 Å². The first-order valence-electron chi connectivity index (χ1n) is 5.54. The Balaban J connectivity index is 2.15. The van der Waals surface area contributed by atoms with Gasteiger partial charge >= 0.3 is 0 Å². The molecule has 8 heteroatoms. The van der Waals surface area contributed by atoms with Gasteiger partial charge in [0.15, 0.2) is 0 Å². The molecular weight excluding hydrogens is 345 g/mol. The summed E-state index contributed by atoms with van der Waals surface area (Å²) in [7, 11) is 0. The number of nitrogens with one attached hydrogen (secondary N) is 2. The molecule has 0 atom stereocenters. The third-order valence-corrected chi connectivity index (χ3v) is 3.25. The van der Waals surface area contributed by atoms with E-state index in [0.29, 0.717) is 11.1 Å². The number of carbonyl (C=O) groups is 1. The number of amides is 1. The van der Waals surface area contributed by atoms with E-state index in [1.54, 1.807) is 0 Å². The molecular formula is C13H7Cl3F2N2O. The lowest BCUT2D eigenvalue weighted by Crippen LogP contribution is -2.29. The largest absolute Gasteiger partial charge is 0.295 e. The van der Waals surface area contributed by atoms with E-state index in [2.05, 4.69) is 10.9 Å². The van der Waals surface area contributed by atoms with Crippen LogP contribution in [0.1, 0.15) is 10.4 Å². The first-order valence-corrected chi connectivity index (χ1v) is 6.67. The van der Waals surface area contributed by atoms with Crippen molar-refractivity contribution < 1.29 is 13.6 Å². The van der Waals surface area contributed by atoms with Gasteiger partial charge in [-0.25, -0.2) is 8.78 Å². The summed E-state index contributed by atoms with van der Waals surface area (Å²) >= 11 is 17.6. The van der Waals surface area contributed by atoms with Gasteiger partial charge in [0.1, 0.15) is 11.6 Å². The zero-order valence-corrected chi connectivity index (χ0v) is 12.5. The quantitative estimate of drug-likeness (QED) is 0.788. The zero-order chi connectivity index (χ0) is 15.6. The Morgan fingerprint density at radius 1 is 0.905 bits per heavy atom. The van der Waals surface area contributed by atoms with Crippen molar-refractivity contribution in [3.05, 3.63) is 62.6 Å². The lowest BCUT2D eigenvalue weighted by Gasteiger charge is -2.12. The van der Waals surface area contributed by atoms with Gasteiger partial charge in [-0.2, -0.15) is 0 Å². The number of benzene rings is 2. The minimum atomic E-state index is -0.859. The molecule has 0 aliphatic carbocycles. The number of halogens is 5. The minimum Gasteiger partial charge on any atom is -0.295 e. The highest BCUT2D eigenvalue weighted by Crippen LogP contribution is 2.33. The highest BCUT2D eigenvalue weighted by atomic mass is 35.5. The van der Waals surface area contributed by atoms with Gasteiger partial charge in [0.05, 0.1) is 15.7 Å². The van der Waals surface area contributed by atoms with Crippen LogP contribution >= 0.6 is 34.8 Å². The fourth-order valence-electron chi connectivity index (χ4n) is 1.54. The second-order valence-corrected chi connectivity index (χ2v) is 5.23. The van der Waals surface area contributed by atoms with E-state index in [0.717, 1.165) is 12.1 Å². The monoisotopic (exact) mass is 350 g/mol. The summed E-state index contributed by atoms with van der Waals surface area (Å²) in [6.45, 7) is 0. The van der Waals surface area contributed by atoms with E-state index in [-0.39, 0.29) is 21.3 Å². The maximum atomic E-state index is 13.0. The molecule has 0 heterocycles. The molecule has 2 rings (SSSR count). The van der Waals surface area contributed by atoms with Gasteiger partial charge in [-0.1, -0.05) is 34.8 Å². The van der Waals surface area contributed by atoms with Crippen LogP contribution in [-0.2, 0) is 0 Å². The third kappa shape index (κ3) is 3.97. The van der Waals surface area contributed by atoms with E-state index in [4.69, 9.17) is 34.8 Å². The smallest absolute Gasteiger partial charge is 0.269 e. The Labute approximate surface area is 133 Å². The van der Waals surface area contributed by atoms with E-state index in [1.165, 1.54) is 12.1 Å². The number of hydrogen-bond donors (Lipinski definition) is 2. The van der Waals surface area contributed by atoms with E-state index in [1.807, 2.05) is 0 Å². The molecule has 0 aliphatic rings. The second-order valence-electron chi connectivity index (χ2n) is 3.98. The van der Waals surface area contributed by atoms with Crippen LogP contribution in [0.4, 0.5) is 14.5 Å². The molecule has 0 aliphatic heterocycles. The topological polar surface area (TPSA) is 41.1 Å². The molecule has 1 amide bonds. The van der Waals surface area contributed by atoms with Gasteiger partial charge in [0.25, 0.3) is 5.91 Å². The highest BCUT2D eigenvalue weighted by molar-refractivity contribution is 6.41. The van der Waals surface area contributed by atoms with Gasteiger partial charge < -0.3 is 0 Å². The first-order chi connectivity index (χ1) is 9.86. The Morgan fingerprint density at radius 3 is 1.95 bits per heavy atom. The summed E-state index contributed by atoms with van der Waals surface area (Å²) in [6, 6.07) is 5.30. The lowest BCUT2D eigenvalue weighted by molar-refractivity contribution is 0.0961. The summed E-state index contributed by atoms with van der Waals surface area (Å²) in [5.74, 6) is -2.47. The average molecular weight is 352 g/mol. The molecule has 0 unspecified atom stereocenters. The lowest BCUT2D eigenvalue weighted by atomic mass is 10.2. The summed E-state index contributed by atoms with van der Waals surface area (Å²) in [6.07, 6.45) is 0. The first kappa shape index (κ1) is 15.8. The van der Waals surface area contributed by atoms with E-state index >= 15 is 0 Å². The third-order valence-electron chi connectivity index (χ3n) is 2.43. The van der Waals surface area contributed by atoms with Crippen molar-refractivity contribution in [2.75, 3.05) is 5.43 Å². The van der Waals surface area contributed by atoms with Crippen molar-refractivity contribution in [1.82, 2.24) is 5.43 Å². The number of carbonyl (C=O) groups excluding carboxylic acids is 1. The molecule has 110 valence electrons. The SMILES string of the molecule is O=C(NNc1c(Cl)cc(Cl)cc1Cl)c1cc(F)cc(F)c1. The summed E-state index contributed by atoms with van der Waals surface area (Å²) in [5, 5.41) is 0.686. The molecule has 3 nitrogen and oxygen atoms in total. The number of hydrogen-bond acceptors (Lipinski definition) is 2. The minimum absolute atomic E-state index is 0.179. The normalized spacial score (nSPS) is 10.3. The Kier molecular flexibility index (Phi) is 4.88. The Hall–Kier alpha value is -1.56. The molecule has 0 saturated carbocycles. The van der Waals surface area contributed by atoms with Crippen molar-refractivity contribution in [1.29, 1.82) is 0 Å². The standard InChI is InChI=1S/C13H7Cl3F2N2O/c14-7-3-10(15)12(11(16)4-7)19-20-13(21)6-1-8(17)5-9(18)2-6/h1-5,19H,(H,20,21). The van der Waals surface area contributed by atoms with Gasteiger partial charge in [0.2, 0.25) is 0 Å². The van der Waals surface area contributed by atoms with Gasteiger partial charge in [0, 0.05) is 16.7 Å². The highest BCUT2D eigenvalue weighted by Gasteiger charge is 2.12. The number of rotatable bonds is 3. The molecule has 21 heavy (non-hydrogen) atoms. The average Bonchev–Trinajstić information content (AvgIpc) is 2.35. The molecule has 0 aromatic heterocycles. The van der Waals surface area contributed by atoms with Crippen molar-refractivity contribution in [3.8, 4) is 0 Å².